The van der Waals surface area contributed by atoms with Crippen molar-refractivity contribution in [2.45, 2.75) is 39.3 Å². The lowest BCUT2D eigenvalue weighted by Gasteiger charge is -2.06. The number of amides is 1. The number of hydrogen-bond donors (Lipinski definition) is 2. The quantitative estimate of drug-likeness (QED) is 0.540. The zero-order valence-corrected chi connectivity index (χ0v) is 17.8. The van der Waals surface area contributed by atoms with Gasteiger partial charge in [0, 0.05) is 35.8 Å². The highest BCUT2D eigenvalue weighted by atomic mass is 79.9. The van der Waals surface area contributed by atoms with E-state index >= 15 is 0 Å². The van der Waals surface area contributed by atoms with Crippen LogP contribution in [0.3, 0.4) is 0 Å². The van der Waals surface area contributed by atoms with Gasteiger partial charge in [0.2, 0.25) is 5.91 Å². The first-order valence-electron chi connectivity index (χ1n) is 9.53. The van der Waals surface area contributed by atoms with Crippen LogP contribution >= 0.6 is 15.9 Å². The minimum Gasteiger partial charge on any atom is -0.481 e. The average Bonchev–Trinajstić information content (AvgIpc) is 3.40. The van der Waals surface area contributed by atoms with E-state index in [-0.39, 0.29) is 18.9 Å². The third-order valence-electron chi connectivity index (χ3n) is 5.04. The Bertz CT molecular complexity index is 1090. The number of carbonyl (C=O) groups is 2. The summed E-state index contributed by atoms with van der Waals surface area (Å²) in [5.41, 5.74) is 1.71. The summed E-state index contributed by atoms with van der Waals surface area (Å²) < 4.78 is 8.60. The molecule has 0 saturated heterocycles. The summed E-state index contributed by atoms with van der Waals surface area (Å²) >= 11 is 3.41. The van der Waals surface area contributed by atoms with E-state index in [9.17, 15) is 9.59 Å². The third-order valence-corrected chi connectivity index (χ3v) is 5.57. The van der Waals surface area contributed by atoms with E-state index in [1.807, 2.05) is 31.2 Å². The van der Waals surface area contributed by atoms with Crippen molar-refractivity contribution in [2.24, 2.45) is 5.92 Å². The lowest BCUT2D eigenvalue weighted by atomic mass is 10.1. The van der Waals surface area contributed by atoms with E-state index in [4.69, 9.17) is 9.52 Å². The molecule has 0 fully saturated rings. The molecule has 0 spiro atoms. The molecule has 1 unspecified atom stereocenters. The van der Waals surface area contributed by atoms with E-state index < -0.39 is 11.9 Å². The van der Waals surface area contributed by atoms with Gasteiger partial charge in [-0.2, -0.15) is 0 Å². The monoisotopic (exact) mass is 473 g/mol. The van der Waals surface area contributed by atoms with Crippen LogP contribution in [0.2, 0.25) is 0 Å². The molecule has 1 atom stereocenters. The molecular weight excluding hydrogens is 454 g/mol. The first-order valence-corrected chi connectivity index (χ1v) is 10.3. The molecule has 0 aliphatic carbocycles. The first-order chi connectivity index (χ1) is 14.4. The molecule has 2 aromatic heterocycles. The van der Waals surface area contributed by atoms with E-state index in [1.54, 1.807) is 4.57 Å². The minimum absolute atomic E-state index is 0.166. The lowest BCUT2D eigenvalue weighted by Crippen LogP contribution is -2.25. The van der Waals surface area contributed by atoms with Crippen molar-refractivity contribution < 1.29 is 19.1 Å². The van der Waals surface area contributed by atoms with Gasteiger partial charge in [-0.05, 0) is 19.1 Å². The summed E-state index contributed by atoms with van der Waals surface area (Å²) in [4.78, 5) is 27.8. The van der Waals surface area contributed by atoms with Crippen LogP contribution in [0, 0.1) is 12.8 Å². The predicted octanol–water partition coefficient (Wildman–Crippen LogP) is 2.51. The molecule has 4 rings (SSSR count). The minimum atomic E-state index is -0.848. The fourth-order valence-electron chi connectivity index (χ4n) is 3.45. The fraction of sp³-hybridized carbons (Fsp3) is 0.350. The van der Waals surface area contributed by atoms with Crippen molar-refractivity contribution >= 4 is 27.8 Å². The molecule has 2 N–H and O–H groups in total. The van der Waals surface area contributed by atoms with Crippen molar-refractivity contribution in [2.75, 3.05) is 0 Å². The number of carbonyl (C=O) groups excluding carboxylic acids is 1. The average molecular weight is 474 g/mol. The Hall–Kier alpha value is -3.01. The number of halogens is 1. The smallest absolute Gasteiger partial charge is 0.308 e. The first kappa shape index (κ1) is 20.3. The maximum absolute atomic E-state index is 12.2. The number of hydrogen-bond acceptors (Lipinski definition) is 6. The SMILES string of the molecule is Cc1nc(CCC(=O)NCc2nnc3n2CC(C(=O)O)C3)oc1-c1ccc(Br)cc1. The van der Waals surface area contributed by atoms with Gasteiger partial charge in [-0.15, -0.1) is 10.2 Å². The number of nitrogens with one attached hydrogen (secondary N) is 1. The predicted molar refractivity (Wildman–Crippen MR) is 109 cm³/mol. The van der Waals surface area contributed by atoms with Crippen LogP contribution in [0.15, 0.2) is 33.2 Å². The Kier molecular flexibility index (Phi) is 5.67. The molecule has 30 heavy (non-hydrogen) atoms. The number of nitrogens with zero attached hydrogens (tertiary/aromatic N) is 4. The summed E-state index contributed by atoms with van der Waals surface area (Å²) in [6, 6.07) is 7.76. The summed E-state index contributed by atoms with van der Waals surface area (Å²) in [5, 5.41) is 20.0. The number of carboxylic acid groups (broad SMARTS) is 1. The molecule has 10 heteroatoms. The normalized spacial score (nSPS) is 15.2. The number of benzene rings is 1. The summed E-state index contributed by atoms with van der Waals surface area (Å²) in [6.45, 7) is 2.41. The van der Waals surface area contributed by atoms with Gasteiger partial charge in [0.1, 0.15) is 5.82 Å². The molecule has 0 radical (unpaired) electrons. The highest BCUT2D eigenvalue weighted by molar-refractivity contribution is 9.10. The van der Waals surface area contributed by atoms with Crippen molar-refractivity contribution in [3.63, 3.8) is 0 Å². The van der Waals surface area contributed by atoms with Crippen LogP contribution in [0.1, 0.15) is 29.7 Å². The van der Waals surface area contributed by atoms with Crippen LogP contribution < -0.4 is 5.32 Å². The van der Waals surface area contributed by atoms with Crippen molar-refractivity contribution in [1.82, 2.24) is 25.1 Å². The number of carboxylic acids is 1. The van der Waals surface area contributed by atoms with Crippen LogP contribution in [-0.4, -0.2) is 36.7 Å². The van der Waals surface area contributed by atoms with E-state index in [0.717, 1.165) is 15.7 Å². The molecule has 1 aliphatic rings. The second-order valence-corrected chi connectivity index (χ2v) is 8.10. The largest absolute Gasteiger partial charge is 0.481 e. The van der Waals surface area contributed by atoms with Crippen molar-refractivity contribution in [3.05, 3.63) is 52.0 Å². The maximum Gasteiger partial charge on any atom is 0.308 e. The van der Waals surface area contributed by atoms with Gasteiger partial charge in [-0.1, -0.05) is 28.1 Å². The van der Waals surface area contributed by atoms with Crippen LogP contribution in [0.4, 0.5) is 0 Å². The molecule has 1 aliphatic heterocycles. The Morgan fingerprint density at radius 2 is 2.07 bits per heavy atom. The fourth-order valence-corrected chi connectivity index (χ4v) is 3.71. The van der Waals surface area contributed by atoms with Crippen molar-refractivity contribution in [1.29, 1.82) is 0 Å². The van der Waals surface area contributed by atoms with Gasteiger partial charge in [0.15, 0.2) is 17.5 Å². The number of oxazole rings is 1. The molecular formula is C20H20BrN5O4. The van der Waals surface area contributed by atoms with Crippen LogP contribution in [-0.2, 0) is 35.5 Å². The number of aryl methyl sites for hydroxylation is 2. The van der Waals surface area contributed by atoms with Gasteiger partial charge >= 0.3 is 5.97 Å². The van der Waals surface area contributed by atoms with Gasteiger partial charge in [0.05, 0.1) is 18.2 Å². The summed E-state index contributed by atoms with van der Waals surface area (Å²) in [6.07, 6.45) is 0.960. The van der Waals surface area contributed by atoms with Gasteiger partial charge in [-0.3, -0.25) is 9.59 Å². The van der Waals surface area contributed by atoms with Crippen LogP contribution in [0.5, 0.6) is 0 Å². The van der Waals surface area contributed by atoms with E-state index in [1.165, 1.54) is 0 Å². The topological polar surface area (TPSA) is 123 Å². The zero-order chi connectivity index (χ0) is 21.3. The lowest BCUT2D eigenvalue weighted by molar-refractivity contribution is -0.141. The van der Waals surface area contributed by atoms with Gasteiger partial charge in [0.25, 0.3) is 0 Å². The van der Waals surface area contributed by atoms with E-state index in [2.05, 4.69) is 36.4 Å². The van der Waals surface area contributed by atoms with Crippen LogP contribution in [0.25, 0.3) is 11.3 Å². The molecule has 156 valence electrons. The Morgan fingerprint density at radius 1 is 1.30 bits per heavy atom. The summed E-state index contributed by atoms with van der Waals surface area (Å²) in [7, 11) is 0. The second-order valence-electron chi connectivity index (χ2n) is 7.19. The maximum atomic E-state index is 12.2. The standard InChI is InChI=1S/C20H20BrN5O4/c1-11-19(12-2-4-14(21)5-3-12)30-18(23-11)7-6-17(27)22-9-16-25-24-15-8-13(20(28)29)10-26(15)16/h2-5,13H,6-10H2,1H3,(H,22,27)(H,28,29). The number of rotatable bonds is 7. The van der Waals surface area contributed by atoms with Gasteiger partial charge in [-0.25, -0.2) is 4.98 Å². The number of aromatic nitrogens is 4. The molecule has 1 amide bonds. The van der Waals surface area contributed by atoms with E-state index in [0.29, 0.717) is 42.7 Å². The van der Waals surface area contributed by atoms with Gasteiger partial charge < -0.3 is 19.4 Å². The summed E-state index contributed by atoms with van der Waals surface area (Å²) in [5.74, 6) is 0.908. The molecule has 3 heterocycles. The zero-order valence-electron chi connectivity index (χ0n) is 16.3. The second kappa shape index (κ2) is 8.39. The molecule has 0 bridgehead atoms. The van der Waals surface area contributed by atoms with Crippen molar-refractivity contribution in [3.8, 4) is 11.3 Å². The molecule has 1 aromatic carbocycles. The molecule has 0 saturated carbocycles. The highest BCUT2D eigenvalue weighted by Gasteiger charge is 2.30. The number of aliphatic carboxylic acids is 1. The molecule has 9 nitrogen and oxygen atoms in total. The Labute approximate surface area is 180 Å². The Morgan fingerprint density at radius 3 is 2.80 bits per heavy atom. The number of fused-ring (bicyclic) bond motifs is 1. The highest BCUT2D eigenvalue weighted by Crippen LogP contribution is 2.26. The Balaban J connectivity index is 1.31. The third kappa shape index (κ3) is 4.28. The molecule has 3 aromatic rings.